The molecular formula is C12H15ClN2O. The van der Waals surface area contributed by atoms with Crippen LogP contribution in [0.4, 0.5) is 0 Å². The quantitative estimate of drug-likeness (QED) is 0.372. The predicted octanol–water partition coefficient (Wildman–Crippen LogP) is 2.46. The topological polar surface area (TPSA) is 41.5 Å². The number of rotatable bonds is 4. The summed E-state index contributed by atoms with van der Waals surface area (Å²) in [5.74, 6) is 0. The average molecular weight is 239 g/mol. The number of alkyl halides is 1. The molecule has 0 spiro atoms. The molecule has 0 atom stereocenters. The number of nitrogens with zero attached hydrogens (tertiary/aromatic N) is 1. The molecule has 86 valence electrons. The number of nitrogens with one attached hydrogen (secondary N) is 1. The van der Waals surface area contributed by atoms with Crippen molar-refractivity contribution in [1.82, 2.24) is 5.43 Å². The Bertz CT molecular complexity index is 408. The minimum Gasteiger partial charge on any atom is -0.277 e. The van der Waals surface area contributed by atoms with E-state index in [1.807, 2.05) is 45.0 Å². The molecule has 0 saturated carbocycles. The van der Waals surface area contributed by atoms with Gasteiger partial charge in [0.2, 0.25) is 6.41 Å². The molecule has 16 heavy (non-hydrogen) atoms. The minimum atomic E-state index is -0.637. The fraction of sp³-hybridized carbons (Fsp3) is 0.333. The Kier molecular flexibility index (Phi) is 4.07. The van der Waals surface area contributed by atoms with Crippen molar-refractivity contribution in [3.8, 4) is 0 Å². The third-order valence-electron chi connectivity index (χ3n) is 2.19. The normalized spacial score (nSPS) is 12.4. The Hall–Kier alpha value is -1.35. The first kappa shape index (κ1) is 12.7. The molecule has 1 rings (SSSR count). The van der Waals surface area contributed by atoms with E-state index in [4.69, 9.17) is 11.6 Å². The molecule has 1 amide bonds. The van der Waals surface area contributed by atoms with Crippen molar-refractivity contribution in [3.05, 3.63) is 35.4 Å². The van der Waals surface area contributed by atoms with Crippen LogP contribution in [-0.2, 0) is 4.79 Å². The molecule has 0 aliphatic rings. The molecule has 0 aromatic heterocycles. The lowest BCUT2D eigenvalue weighted by Crippen LogP contribution is -2.29. The summed E-state index contributed by atoms with van der Waals surface area (Å²) in [6.45, 7) is 5.66. The lowest BCUT2D eigenvalue weighted by atomic mass is 9.96. The van der Waals surface area contributed by atoms with Gasteiger partial charge in [0.05, 0.1) is 10.6 Å². The average Bonchev–Trinajstić information content (AvgIpc) is 2.19. The van der Waals surface area contributed by atoms with E-state index in [9.17, 15) is 4.79 Å². The molecule has 0 aliphatic heterocycles. The molecular weight excluding hydrogens is 224 g/mol. The van der Waals surface area contributed by atoms with Gasteiger partial charge in [0.1, 0.15) is 0 Å². The first-order chi connectivity index (χ1) is 7.46. The number of hydrogen-bond donors (Lipinski definition) is 1. The summed E-state index contributed by atoms with van der Waals surface area (Å²) in [5.41, 5.74) is 4.97. The smallest absolute Gasteiger partial charge is 0.227 e. The van der Waals surface area contributed by atoms with Crippen LogP contribution in [0.15, 0.2) is 29.4 Å². The molecule has 0 unspecified atom stereocenters. The van der Waals surface area contributed by atoms with E-state index in [0.717, 1.165) is 11.1 Å². The maximum atomic E-state index is 10.3. The van der Waals surface area contributed by atoms with Crippen molar-refractivity contribution in [2.45, 2.75) is 25.6 Å². The standard InChI is InChI=1S/C12H15ClN2O/c1-9-6-4-5-7-10(9)11(12(2,3)13)15-14-8-16/h4-8H,1-3H3,(H,14,16). The fourth-order valence-electron chi connectivity index (χ4n) is 1.44. The number of halogens is 1. The largest absolute Gasteiger partial charge is 0.277 e. The molecule has 1 aromatic carbocycles. The van der Waals surface area contributed by atoms with E-state index in [1.54, 1.807) is 0 Å². The summed E-state index contributed by atoms with van der Waals surface area (Å²) >= 11 is 6.25. The second-order valence-corrected chi connectivity index (χ2v) is 4.94. The summed E-state index contributed by atoms with van der Waals surface area (Å²) in [6, 6.07) is 7.78. The molecule has 0 bridgehead atoms. The SMILES string of the molecule is Cc1ccccc1C(=NNC=O)C(C)(C)Cl. The van der Waals surface area contributed by atoms with Crippen molar-refractivity contribution in [2.24, 2.45) is 5.10 Å². The van der Waals surface area contributed by atoms with Crippen LogP contribution in [-0.4, -0.2) is 17.0 Å². The Morgan fingerprint density at radius 2 is 2.06 bits per heavy atom. The van der Waals surface area contributed by atoms with Gasteiger partial charge in [-0.05, 0) is 26.3 Å². The highest BCUT2D eigenvalue weighted by molar-refractivity contribution is 6.38. The van der Waals surface area contributed by atoms with Crippen molar-refractivity contribution < 1.29 is 4.79 Å². The molecule has 0 saturated heterocycles. The molecule has 1 N–H and O–H groups in total. The predicted molar refractivity (Wildman–Crippen MR) is 66.8 cm³/mol. The van der Waals surface area contributed by atoms with Crippen LogP contribution >= 0.6 is 11.6 Å². The highest BCUT2D eigenvalue weighted by Crippen LogP contribution is 2.22. The Morgan fingerprint density at radius 3 is 2.56 bits per heavy atom. The lowest BCUT2D eigenvalue weighted by Gasteiger charge is -2.20. The highest BCUT2D eigenvalue weighted by Gasteiger charge is 2.24. The first-order valence-corrected chi connectivity index (χ1v) is 5.37. The van der Waals surface area contributed by atoms with E-state index >= 15 is 0 Å². The maximum Gasteiger partial charge on any atom is 0.227 e. The number of amides is 1. The molecule has 0 heterocycles. The van der Waals surface area contributed by atoms with Gasteiger partial charge in [0.15, 0.2) is 0 Å². The van der Waals surface area contributed by atoms with Crippen LogP contribution in [0.2, 0.25) is 0 Å². The van der Waals surface area contributed by atoms with Gasteiger partial charge in [0.25, 0.3) is 0 Å². The second-order valence-electron chi connectivity index (χ2n) is 3.99. The zero-order valence-electron chi connectivity index (χ0n) is 9.62. The van der Waals surface area contributed by atoms with E-state index < -0.39 is 4.87 Å². The van der Waals surface area contributed by atoms with Crippen LogP contribution in [0.3, 0.4) is 0 Å². The van der Waals surface area contributed by atoms with Crippen molar-refractivity contribution >= 4 is 23.7 Å². The monoisotopic (exact) mass is 238 g/mol. The number of benzene rings is 1. The second kappa shape index (κ2) is 5.12. The summed E-state index contributed by atoms with van der Waals surface area (Å²) in [4.78, 5) is 9.65. The van der Waals surface area contributed by atoms with Crippen molar-refractivity contribution in [2.75, 3.05) is 0 Å². The van der Waals surface area contributed by atoms with Crippen molar-refractivity contribution in [1.29, 1.82) is 0 Å². The first-order valence-electron chi connectivity index (χ1n) is 4.99. The number of carbonyl (C=O) groups is 1. The maximum absolute atomic E-state index is 10.3. The third kappa shape index (κ3) is 3.07. The summed E-state index contributed by atoms with van der Waals surface area (Å²) in [7, 11) is 0. The molecule has 0 fully saturated rings. The Labute approximate surface area is 101 Å². The molecule has 4 heteroatoms. The van der Waals surface area contributed by atoms with Gasteiger partial charge in [0, 0.05) is 5.56 Å². The zero-order chi connectivity index (χ0) is 12.2. The molecule has 3 nitrogen and oxygen atoms in total. The van der Waals surface area contributed by atoms with Crippen molar-refractivity contribution in [3.63, 3.8) is 0 Å². The summed E-state index contributed by atoms with van der Waals surface area (Å²) in [5, 5.41) is 4.01. The third-order valence-corrected chi connectivity index (χ3v) is 2.37. The number of hydrazone groups is 1. The fourth-order valence-corrected chi connectivity index (χ4v) is 1.59. The Morgan fingerprint density at radius 1 is 1.44 bits per heavy atom. The van der Waals surface area contributed by atoms with Crippen LogP contribution in [0.25, 0.3) is 0 Å². The van der Waals surface area contributed by atoms with Crippen LogP contribution in [0, 0.1) is 6.92 Å². The van der Waals surface area contributed by atoms with Gasteiger partial charge < -0.3 is 0 Å². The number of hydrogen-bond acceptors (Lipinski definition) is 2. The van der Waals surface area contributed by atoms with Crippen LogP contribution in [0.5, 0.6) is 0 Å². The van der Waals surface area contributed by atoms with E-state index in [2.05, 4.69) is 10.5 Å². The minimum absolute atomic E-state index is 0.529. The lowest BCUT2D eigenvalue weighted by molar-refractivity contribution is -0.109. The van der Waals surface area contributed by atoms with Gasteiger partial charge in [-0.15, -0.1) is 11.6 Å². The van der Waals surface area contributed by atoms with E-state index in [1.165, 1.54) is 0 Å². The Balaban J connectivity index is 3.22. The number of carbonyl (C=O) groups excluding carboxylic acids is 1. The zero-order valence-corrected chi connectivity index (χ0v) is 10.4. The molecule has 0 aliphatic carbocycles. The summed E-state index contributed by atoms with van der Waals surface area (Å²) < 4.78 is 0. The van der Waals surface area contributed by atoms with Gasteiger partial charge in [-0.1, -0.05) is 24.3 Å². The summed E-state index contributed by atoms with van der Waals surface area (Å²) in [6.07, 6.45) is 0.529. The van der Waals surface area contributed by atoms with Gasteiger partial charge >= 0.3 is 0 Å². The molecule has 1 aromatic rings. The van der Waals surface area contributed by atoms with Gasteiger partial charge in [-0.2, -0.15) is 5.10 Å². The van der Waals surface area contributed by atoms with Crippen LogP contribution in [0.1, 0.15) is 25.0 Å². The highest BCUT2D eigenvalue weighted by atomic mass is 35.5. The van der Waals surface area contributed by atoms with E-state index in [0.29, 0.717) is 12.1 Å². The van der Waals surface area contributed by atoms with Crippen LogP contribution < -0.4 is 5.43 Å². The number of aryl methyl sites for hydroxylation is 1. The van der Waals surface area contributed by atoms with E-state index in [-0.39, 0.29) is 0 Å². The van der Waals surface area contributed by atoms with Gasteiger partial charge in [-0.3, -0.25) is 4.79 Å². The molecule has 0 radical (unpaired) electrons. The van der Waals surface area contributed by atoms with Gasteiger partial charge in [-0.25, -0.2) is 5.43 Å².